The molecule has 0 aliphatic heterocycles. The van der Waals surface area contributed by atoms with Crippen LogP contribution in [0.2, 0.25) is 0 Å². The lowest BCUT2D eigenvalue weighted by atomic mass is 10.0. The van der Waals surface area contributed by atoms with Crippen molar-refractivity contribution in [1.82, 2.24) is 5.43 Å². The van der Waals surface area contributed by atoms with Crippen molar-refractivity contribution in [2.75, 3.05) is 12.4 Å². The summed E-state index contributed by atoms with van der Waals surface area (Å²) in [6.07, 6.45) is 2.64. The van der Waals surface area contributed by atoms with E-state index in [1.165, 1.54) is 25.5 Å². The Morgan fingerprint density at radius 3 is 2.28 bits per heavy atom. The predicted octanol–water partition coefficient (Wildman–Crippen LogP) is 1.27. The highest BCUT2D eigenvalue weighted by atomic mass is 16.5. The van der Waals surface area contributed by atoms with E-state index >= 15 is 0 Å². The van der Waals surface area contributed by atoms with Crippen LogP contribution in [0.5, 0.6) is 5.75 Å². The van der Waals surface area contributed by atoms with E-state index in [1.807, 2.05) is 32.0 Å². The minimum atomic E-state index is -1.40. The molecule has 0 aliphatic rings. The molecular weight excluding hydrogens is 374 g/mol. The van der Waals surface area contributed by atoms with Gasteiger partial charge in [-0.25, -0.2) is 5.43 Å². The summed E-state index contributed by atoms with van der Waals surface area (Å²) >= 11 is 0. The summed E-state index contributed by atoms with van der Waals surface area (Å²) in [5.74, 6) is -3.04. The molecule has 2 rings (SSSR count). The van der Waals surface area contributed by atoms with Crippen LogP contribution in [0, 0.1) is 0 Å². The summed E-state index contributed by atoms with van der Waals surface area (Å²) in [7, 11) is 1.34. The van der Waals surface area contributed by atoms with Crippen LogP contribution in [0.25, 0.3) is 0 Å². The van der Waals surface area contributed by atoms with Crippen LogP contribution in [0.4, 0.5) is 5.69 Å². The van der Waals surface area contributed by atoms with Crippen molar-refractivity contribution in [2.45, 2.75) is 26.7 Å². The molecule has 0 bridgehead atoms. The van der Waals surface area contributed by atoms with Crippen LogP contribution in [0.3, 0.4) is 0 Å². The lowest BCUT2D eigenvalue weighted by Gasteiger charge is -2.13. The highest BCUT2D eigenvalue weighted by Gasteiger charge is 2.16. The number of hydrogen-bond donors (Lipinski definition) is 2. The first-order valence-electron chi connectivity index (χ1n) is 9.05. The molecule has 0 fully saturated rings. The number of aromatic carboxylic acids is 1. The van der Waals surface area contributed by atoms with Crippen molar-refractivity contribution >= 4 is 29.7 Å². The van der Waals surface area contributed by atoms with Crippen LogP contribution in [0.1, 0.15) is 40.9 Å². The average molecular weight is 396 g/mol. The number of aryl methyl sites for hydroxylation is 2. The third kappa shape index (κ3) is 5.41. The topological polar surface area (TPSA) is 120 Å². The molecule has 29 heavy (non-hydrogen) atoms. The second-order valence-corrected chi connectivity index (χ2v) is 6.06. The molecule has 0 saturated carbocycles. The Labute approximate surface area is 168 Å². The Morgan fingerprint density at radius 2 is 1.72 bits per heavy atom. The van der Waals surface area contributed by atoms with Gasteiger partial charge >= 0.3 is 11.8 Å². The number of hydrogen-bond acceptors (Lipinski definition) is 6. The van der Waals surface area contributed by atoms with Gasteiger partial charge in [-0.2, -0.15) is 5.10 Å². The van der Waals surface area contributed by atoms with E-state index in [-0.39, 0.29) is 11.3 Å². The van der Waals surface area contributed by atoms with Crippen molar-refractivity contribution in [1.29, 1.82) is 0 Å². The average Bonchev–Trinajstić information content (AvgIpc) is 2.73. The van der Waals surface area contributed by atoms with E-state index in [0.29, 0.717) is 24.1 Å². The smallest absolute Gasteiger partial charge is 0.329 e. The summed E-state index contributed by atoms with van der Waals surface area (Å²) < 4.78 is 4.94. The number of ether oxygens (including phenoxy) is 1. The van der Waals surface area contributed by atoms with Crippen LogP contribution < -0.4 is 20.6 Å². The molecule has 2 aromatic rings. The first kappa shape index (κ1) is 21.6. The molecule has 2 amide bonds. The fourth-order valence-electron chi connectivity index (χ4n) is 2.76. The number of carboxylic acid groups (broad SMARTS) is 1. The number of carbonyl (C=O) groups is 3. The van der Waals surface area contributed by atoms with E-state index in [2.05, 4.69) is 15.8 Å². The molecule has 0 unspecified atom stereocenters. The highest BCUT2D eigenvalue weighted by molar-refractivity contribution is 6.39. The van der Waals surface area contributed by atoms with Gasteiger partial charge in [0.05, 0.1) is 19.3 Å². The van der Waals surface area contributed by atoms with Crippen LogP contribution in [-0.4, -0.2) is 31.1 Å². The number of nitrogens with one attached hydrogen (secondary N) is 2. The summed E-state index contributed by atoms with van der Waals surface area (Å²) in [5.41, 5.74) is 4.86. The molecule has 152 valence electrons. The molecule has 0 heterocycles. The molecule has 0 radical (unpaired) electrons. The van der Waals surface area contributed by atoms with Gasteiger partial charge in [0.1, 0.15) is 5.75 Å². The minimum Gasteiger partial charge on any atom is -0.545 e. The van der Waals surface area contributed by atoms with Crippen molar-refractivity contribution in [2.24, 2.45) is 5.10 Å². The number of nitrogens with zero attached hydrogens (tertiary/aromatic N) is 1. The molecular formula is C21H22N3O5-. The van der Waals surface area contributed by atoms with Crippen molar-refractivity contribution < 1.29 is 24.2 Å². The Kier molecular flexibility index (Phi) is 7.47. The van der Waals surface area contributed by atoms with Gasteiger partial charge in [-0.3, -0.25) is 9.59 Å². The first-order valence-corrected chi connectivity index (χ1v) is 9.05. The Hall–Kier alpha value is -3.68. The van der Waals surface area contributed by atoms with Gasteiger partial charge in [0.15, 0.2) is 0 Å². The Bertz CT molecular complexity index is 931. The number of carbonyl (C=O) groups excluding carboxylic acids is 3. The van der Waals surface area contributed by atoms with Gasteiger partial charge in [-0.15, -0.1) is 0 Å². The van der Waals surface area contributed by atoms with Crippen molar-refractivity contribution in [3.63, 3.8) is 0 Å². The third-order valence-corrected chi connectivity index (χ3v) is 4.27. The van der Waals surface area contributed by atoms with Gasteiger partial charge in [0.25, 0.3) is 0 Å². The van der Waals surface area contributed by atoms with Crippen LogP contribution in [-0.2, 0) is 22.4 Å². The summed E-state index contributed by atoms with van der Waals surface area (Å²) in [4.78, 5) is 35.4. The normalized spacial score (nSPS) is 10.6. The highest BCUT2D eigenvalue weighted by Crippen LogP contribution is 2.22. The summed E-state index contributed by atoms with van der Waals surface area (Å²) in [6.45, 7) is 3.93. The molecule has 2 N–H and O–H groups in total. The molecule has 2 aromatic carbocycles. The second-order valence-electron chi connectivity index (χ2n) is 6.06. The zero-order chi connectivity index (χ0) is 21.4. The van der Waals surface area contributed by atoms with Gasteiger partial charge < -0.3 is 20.0 Å². The van der Waals surface area contributed by atoms with Crippen molar-refractivity contribution in [3.8, 4) is 5.75 Å². The fourth-order valence-corrected chi connectivity index (χ4v) is 2.76. The van der Waals surface area contributed by atoms with E-state index in [0.717, 1.165) is 11.1 Å². The lowest BCUT2D eigenvalue weighted by molar-refractivity contribution is -0.255. The maximum absolute atomic E-state index is 12.2. The van der Waals surface area contributed by atoms with Gasteiger partial charge in [-0.05, 0) is 47.7 Å². The fraction of sp³-hybridized carbons (Fsp3) is 0.238. The largest absolute Gasteiger partial charge is 0.545 e. The molecule has 0 atom stereocenters. The zero-order valence-electron chi connectivity index (χ0n) is 16.4. The minimum absolute atomic E-state index is 0.145. The molecule has 8 nitrogen and oxygen atoms in total. The number of methoxy groups -OCH3 is 1. The SMILES string of the molecule is CCc1cccc(CC)c1NC(=O)C(=O)N/N=C\c1ccc(OC)c(C(=O)[O-])c1. The quantitative estimate of drug-likeness (QED) is 0.415. The standard InChI is InChI=1S/C21H23N3O5/c1-4-14-7-6-8-15(5-2)18(14)23-19(25)20(26)24-22-12-13-9-10-17(29-3)16(11-13)21(27)28/h6-12H,4-5H2,1-3H3,(H,23,25)(H,24,26)(H,27,28)/p-1/b22-12-. The maximum atomic E-state index is 12.2. The summed E-state index contributed by atoms with van der Waals surface area (Å²) in [6, 6.07) is 9.97. The number of benzene rings is 2. The third-order valence-electron chi connectivity index (χ3n) is 4.27. The monoisotopic (exact) mass is 396 g/mol. The van der Waals surface area contributed by atoms with Gasteiger partial charge in [-0.1, -0.05) is 32.0 Å². The van der Waals surface area contributed by atoms with E-state index in [4.69, 9.17) is 4.74 Å². The Morgan fingerprint density at radius 1 is 1.07 bits per heavy atom. The summed E-state index contributed by atoms with van der Waals surface area (Å²) in [5, 5.41) is 17.5. The van der Waals surface area contributed by atoms with Crippen LogP contribution >= 0.6 is 0 Å². The number of para-hydroxylation sites is 1. The molecule has 0 spiro atoms. The number of carboxylic acids is 1. The zero-order valence-corrected chi connectivity index (χ0v) is 16.4. The predicted molar refractivity (Wildman–Crippen MR) is 107 cm³/mol. The molecule has 0 aliphatic carbocycles. The van der Waals surface area contributed by atoms with Crippen molar-refractivity contribution in [3.05, 3.63) is 58.7 Å². The molecule has 0 aromatic heterocycles. The second kappa shape index (κ2) is 10.0. The lowest BCUT2D eigenvalue weighted by Crippen LogP contribution is -2.33. The maximum Gasteiger partial charge on any atom is 0.329 e. The number of anilines is 1. The number of hydrazone groups is 1. The van der Waals surface area contributed by atoms with Gasteiger partial charge in [0.2, 0.25) is 0 Å². The van der Waals surface area contributed by atoms with Crippen LogP contribution in [0.15, 0.2) is 41.5 Å². The van der Waals surface area contributed by atoms with E-state index < -0.39 is 17.8 Å². The number of rotatable bonds is 7. The van der Waals surface area contributed by atoms with E-state index in [1.54, 1.807) is 6.07 Å². The first-order chi connectivity index (χ1) is 13.9. The molecule has 8 heteroatoms. The Balaban J connectivity index is 2.07. The van der Waals surface area contributed by atoms with E-state index in [9.17, 15) is 19.5 Å². The number of amides is 2. The van der Waals surface area contributed by atoms with Gasteiger partial charge in [0, 0.05) is 11.3 Å². The molecule has 0 saturated heterocycles.